The molecule has 0 spiro atoms. The Kier molecular flexibility index (Phi) is 5.30. The van der Waals surface area contributed by atoms with E-state index in [-0.39, 0.29) is 25.5 Å². The van der Waals surface area contributed by atoms with Crippen molar-refractivity contribution in [3.05, 3.63) is 47.2 Å². The molecule has 1 aromatic carbocycles. The van der Waals surface area contributed by atoms with E-state index in [2.05, 4.69) is 5.32 Å². The van der Waals surface area contributed by atoms with Crippen LogP contribution >= 0.6 is 0 Å². The molecule has 0 aliphatic carbocycles. The number of hydrogen-bond acceptors (Lipinski definition) is 5. The van der Waals surface area contributed by atoms with Crippen molar-refractivity contribution < 1.29 is 23.8 Å². The van der Waals surface area contributed by atoms with Gasteiger partial charge < -0.3 is 19.5 Å². The SMILES string of the molecule is CC1(C)OCC(=C(NC=O)C(=O)OCc2ccccc2)CO1. The first-order chi connectivity index (χ1) is 10.5. The second kappa shape index (κ2) is 7.20. The Labute approximate surface area is 129 Å². The third-order valence-corrected chi connectivity index (χ3v) is 3.16. The maximum absolute atomic E-state index is 12.2. The average molecular weight is 305 g/mol. The van der Waals surface area contributed by atoms with Gasteiger partial charge in [-0.1, -0.05) is 30.3 Å². The van der Waals surface area contributed by atoms with Crippen LogP contribution in [0.2, 0.25) is 0 Å². The molecule has 1 N–H and O–H groups in total. The third kappa shape index (κ3) is 4.41. The lowest BCUT2D eigenvalue weighted by Crippen LogP contribution is -2.38. The maximum Gasteiger partial charge on any atom is 0.355 e. The Bertz CT molecular complexity index is 553. The van der Waals surface area contributed by atoms with Gasteiger partial charge in [-0.15, -0.1) is 0 Å². The fourth-order valence-electron chi connectivity index (χ4n) is 1.91. The summed E-state index contributed by atoms with van der Waals surface area (Å²) in [6, 6.07) is 9.30. The maximum atomic E-state index is 12.2. The van der Waals surface area contributed by atoms with Crippen LogP contribution < -0.4 is 5.32 Å². The van der Waals surface area contributed by atoms with Crippen molar-refractivity contribution in [2.24, 2.45) is 0 Å². The van der Waals surface area contributed by atoms with Gasteiger partial charge in [-0.05, 0) is 19.4 Å². The first kappa shape index (κ1) is 16.2. The molecule has 118 valence electrons. The first-order valence-electron chi connectivity index (χ1n) is 6.93. The number of carbonyl (C=O) groups excluding carboxylic acids is 2. The molecule has 1 aromatic rings. The van der Waals surface area contributed by atoms with E-state index in [1.54, 1.807) is 13.8 Å². The molecular formula is C16H19NO5. The molecule has 0 radical (unpaired) electrons. The number of ether oxygens (including phenoxy) is 3. The van der Waals surface area contributed by atoms with Crippen molar-refractivity contribution in [1.82, 2.24) is 5.32 Å². The van der Waals surface area contributed by atoms with Gasteiger partial charge in [-0.3, -0.25) is 4.79 Å². The topological polar surface area (TPSA) is 73.9 Å². The van der Waals surface area contributed by atoms with Crippen molar-refractivity contribution in [1.29, 1.82) is 0 Å². The zero-order chi connectivity index (χ0) is 16.0. The molecule has 1 amide bonds. The fraction of sp³-hybridized carbons (Fsp3) is 0.375. The molecule has 6 nitrogen and oxygen atoms in total. The molecule has 1 heterocycles. The molecule has 0 aromatic heterocycles. The van der Waals surface area contributed by atoms with Crippen molar-refractivity contribution in [2.75, 3.05) is 13.2 Å². The van der Waals surface area contributed by atoms with Crippen LogP contribution in [0.1, 0.15) is 19.4 Å². The summed E-state index contributed by atoms with van der Waals surface area (Å²) >= 11 is 0. The Balaban J connectivity index is 2.04. The van der Waals surface area contributed by atoms with Crippen LogP contribution in [0, 0.1) is 0 Å². The molecule has 1 aliphatic rings. The van der Waals surface area contributed by atoms with Crippen LogP contribution in [0.5, 0.6) is 0 Å². The number of carbonyl (C=O) groups is 2. The number of amides is 1. The number of hydrogen-bond donors (Lipinski definition) is 1. The van der Waals surface area contributed by atoms with E-state index in [1.807, 2.05) is 30.3 Å². The third-order valence-electron chi connectivity index (χ3n) is 3.16. The van der Waals surface area contributed by atoms with Crippen LogP contribution in [-0.4, -0.2) is 31.4 Å². The predicted octanol–water partition coefficient (Wildman–Crippen LogP) is 1.51. The Hall–Kier alpha value is -2.18. The summed E-state index contributed by atoms with van der Waals surface area (Å²) in [5, 5.41) is 2.38. The molecule has 1 aliphatic heterocycles. The molecule has 0 bridgehead atoms. The Morgan fingerprint density at radius 3 is 2.50 bits per heavy atom. The van der Waals surface area contributed by atoms with Crippen molar-refractivity contribution in [2.45, 2.75) is 26.2 Å². The van der Waals surface area contributed by atoms with E-state index >= 15 is 0 Å². The minimum atomic E-state index is -0.705. The van der Waals surface area contributed by atoms with Gasteiger partial charge in [0.25, 0.3) is 0 Å². The van der Waals surface area contributed by atoms with E-state index in [0.29, 0.717) is 12.0 Å². The van der Waals surface area contributed by atoms with Crippen molar-refractivity contribution in [3.63, 3.8) is 0 Å². The first-order valence-corrected chi connectivity index (χ1v) is 6.93. The van der Waals surface area contributed by atoms with Gasteiger partial charge in [0.2, 0.25) is 6.41 Å². The Morgan fingerprint density at radius 1 is 1.27 bits per heavy atom. The van der Waals surface area contributed by atoms with Gasteiger partial charge in [0.05, 0.1) is 13.2 Å². The molecule has 6 heteroatoms. The average Bonchev–Trinajstić information content (AvgIpc) is 2.52. The lowest BCUT2D eigenvalue weighted by atomic mass is 10.2. The molecule has 2 rings (SSSR count). The van der Waals surface area contributed by atoms with Crippen LogP contribution in [0.25, 0.3) is 0 Å². The van der Waals surface area contributed by atoms with Crippen LogP contribution in [0.3, 0.4) is 0 Å². The van der Waals surface area contributed by atoms with Gasteiger partial charge in [0, 0.05) is 5.57 Å². The van der Waals surface area contributed by atoms with E-state index in [0.717, 1.165) is 5.56 Å². The number of rotatable bonds is 5. The zero-order valence-electron chi connectivity index (χ0n) is 12.6. The van der Waals surface area contributed by atoms with E-state index in [4.69, 9.17) is 14.2 Å². The number of esters is 1. The summed E-state index contributed by atoms with van der Waals surface area (Å²) in [5.41, 5.74) is 1.48. The lowest BCUT2D eigenvalue weighted by molar-refractivity contribution is -0.226. The standard InChI is InChI=1S/C16H19NO5/c1-16(2)21-9-13(10-22-16)14(17-11-18)15(19)20-8-12-6-4-3-5-7-12/h3-7,11H,8-10H2,1-2H3,(H,17,18). The second-order valence-corrected chi connectivity index (χ2v) is 5.28. The summed E-state index contributed by atoms with van der Waals surface area (Å²) in [7, 11) is 0. The summed E-state index contributed by atoms with van der Waals surface area (Å²) in [6.07, 6.45) is 0.436. The van der Waals surface area contributed by atoms with Crippen LogP contribution in [0.4, 0.5) is 0 Å². The van der Waals surface area contributed by atoms with Crippen LogP contribution in [0.15, 0.2) is 41.6 Å². The largest absolute Gasteiger partial charge is 0.456 e. The van der Waals surface area contributed by atoms with E-state index in [9.17, 15) is 9.59 Å². The van der Waals surface area contributed by atoms with Crippen molar-refractivity contribution in [3.8, 4) is 0 Å². The predicted molar refractivity (Wildman–Crippen MR) is 78.4 cm³/mol. The summed E-state index contributed by atoms with van der Waals surface area (Å²) in [5.74, 6) is -1.32. The van der Waals surface area contributed by atoms with Crippen molar-refractivity contribution >= 4 is 12.4 Å². The van der Waals surface area contributed by atoms with E-state index in [1.165, 1.54) is 0 Å². The monoisotopic (exact) mass is 305 g/mol. The van der Waals surface area contributed by atoms with Gasteiger partial charge in [0.1, 0.15) is 12.3 Å². The minimum absolute atomic E-state index is 0.0708. The number of nitrogens with one attached hydrogen (secondary N) is 1. The lowest BCUT2D eigenvalue weighted by Gasteiger charge is -2.32. The highest BCUT2D eigenvalue weighted by molar-refractivity contribution is 5.91. The fourth-order valence-corrected chi connectivity index (χ4v) is 1.91. The van der Waals surface area contributed by atoms with Gasteiger partial charge in [-0.2, -0.15) is 0 Å². The quantitative estimate of drug-likeness (QED) is 0.507. The van der Waals surface area contributed by atoms with E-state index < -0.39 is 11.8 Å². The summed E-state index contributed by atoms with van der Waals surface area (Å²) < 4.78 is 16.2. The van der Waals surface area contributed by atoms with Gasteiger partial charge >= 0.3 is 5.97 Å². The molecule has 1 saturated heterocycles. The highest BCUT2D eigenvalue weighted by atomic mass is 16.7. The second-order valence-electron chi connectivity index (χ2n) is 5.28. The van der Waals surface area contributed by atoms with Gasteiger partial charge in [-0.25, -0.2) is 4.79 Å². The molecule has 0 atom stereocenters. The molecule has 22 heavy (non-hydrogen) atoms. The zero-order valence-corrected chi connectivity index (χ0v) is 12.6. The molecule has 0 unspecified atom stereocenters. The normalized spacial score (nSPS) is 16.7. The van der Waals surface area contributed by atoms with Gasteiger partial charge in [0.15, 0.2) is 5.79 Å². The molecular weight excluding hydrogens is 286 g/mol. The minimum Gasteiger partial charge on any atom is -0.456 e. The highest BCUT2D eigenvalue weighted by Crippen LogP contribution is 2.21. The molecule has 1 fully saturated rings. The summed E-state index contributed by atoms with van der Waals surface area (Å²) in [6.45, 7) is 4.09. The van der Waals surface area contributed by atoms with Crippen LogP contribution in [-0.2, 0) is 30.4 Å². The molecule has 0 saturated carbocycles. The summed E-state index contributed by atoms with van der Waals surface area (Å²) in [4.78, 5) is 22.9. The smallest absolute Gasteiger partial charge is 0.355 e. The Morgan fingerprint density at radius 2 is 1.91 bits per heavy atom. The number of benzene rings is 1. The highest BCUT2D eigenvalue weighted by Gasteiger charge is 2.28.